The molecule has 4 heteroatoms. The average molecular weight is 287 g/mol. The molecule has 3 N–H and O–H groups in total. The smallest absolute Gasteiger partial charge is 0.123 e. The van der Waals surface area contributed by atoms with Crippen LogP contribution in [0.2, 0.25) is 0 Å². The summed E-state index contributed by atoms with van der Waals surface area (Å²) in [6.07, 6.45) is 3.49. The second kappa shape index (κ2) is 6.22. The van der Waals surface area contributed by atoms with Crippen molar-refractivity contribution in [1.29, 1.82) is 0 Å². The Bertz CT molecular complexity index is 593. The molecule has 0 saturated carbocycles. The number of pyridine rings is 1. The highest BCUT2D eigenvalue weighted by molar-refractivity contribution is 5.48. The van der Waals surface area contributed by atoms with Crippen LogP contribution in [-0.2, 0) is 5.41 Å². The van der Waals surface area contributed by atoms with Gasteiger partial charge < -0.3 is 11.1 Å². The van der Waals surface area contributed by atoms with Gasteiger partial charge in [-0.25, -0.2) is 4.39 Å². The first-order valence-electron chi connectivity index (χ1n) is 7.15. The number of likely N-dealkylation sites (N-methyl/N-ethyl adjacent to an activating group) is 1. The summed E-state index contributed by atoms with van der Waals surface area (Å²) in [5.74, 6) is -0.226. The average Bonchev–Trinajstić information content (AvgIpc) is 2.46. The van der Waals surface area contributed by atoms with Crippen molar-refractivity contribution in [1.82, 2.24) is 10.3 Å². The first-order valence-corrected chi connectivity index (χ1v) is 7.15. The summed E-state index contributed by atoms with van der Waals surface area (Å²) >= 11 is 0. The number of halogens is 1. The van der Waals surface area contributed by atoms with E-state index in [2.05, 4.69) is 31.1 Å². The van der Waals surface area contributed by atoms with Crippen molar-refractivity contribution in [3.63, 3.8) is 0 Å². The number of aromatic nitrogens is 1. The van der Waals surface area contributed by atoms with Crippen LogP contribution in [0, 0.1) is 5.82 Å². The van der Waals surface area contributed by atoms with E-state index in [1.54, 1.807) is 18.5 Å². The van der Waals surface area contributed by atoms with Crippen molar-refractivity contribution < 1.29 is 4.39 Å². The number of anilines is 1. The third-order valence-electron chi connectivity index (χ3n) is 3.92. The SMILES string of the molecule is CCNC(c1cnccc1N)C(C)(C)c1ccc(F)cc1. The number of hydrogen-bond acceptors (Lipinski definition) is 3. The Morgan fingerprint density at radius 3 is 2.48 bits per heavy atom. The predicted octanol–water partition coefficient (Wildman–Crippen LogP) is 3.43. The molecule has 1 aromatic carbocycles. The Morgan fingerprint density at radius 2 is 1.90 bits per heavy atom. The van der Waals surface area contributed by atoms with Gasteiger partial charge in [-0.05, 0) is 30.3 Å². The largest absolute Gasteiger partial charge is 0.398 e. The maximum atomic E-state index is 13.2. The lowest BCUT2D eigenvalue weighted by molar-refractivity contribution is 0.354. The third-order valence-corrected chi connectivity index (χ3v) is 3.92. The predicted molar refractivity (Wildman–Crippen MR) is 84.5 cm³/mol. The lowest BCUT2D eigenvalue weighted by atomic mass is 9.75. The summed E-state index contributed by atoms with van der Waals surface area (Å²) in [6, 6.07) is 8.44. The summed E-state index contributed by atoms with van der Waals surface area (Å²) in [5.41, 5.74) is 8.60. The molecule has 1 unspecified atom stereocenters. The number of benzene rings is 1. The topological polar surface area (TPSA) is 50.9 Å². The molecule has 3 nitrogen and oxygen atoms in total. The molecular weight excluding hydrogens is 265 g/mol. The minimum atomic E-state index is -0.249. The molecule has 0 aliphatic heterocycles. The molecule has 0 amide bonds. The van der Waals surface area contributed by atoms with Crippen molar-refractivity contribution in [2.24, 2.45) is 0 Å². The van der Waals surface area contributed by atoms with Gasteiger partial charge in [0.15, 0.2) is 0 Å². The van der Waals surface area contributed by atoms with E-state index in [9.17, 15) is 4.39 Å². The minimum absolute atomic E-state index is 0.00154. The Balaban J connectivity index is 2.45. The Kier molecular flexibility index (Phi) is 4.58. The van der Waals surface area contributed by atoms with Gasteiger partial charge in [0.1, 0.15) is 5.82 Å². The van der Waals surface area contributed by atoms with Gasteiger partial charge in [0, 0.05) is 35.1 Å². The molecular formula is C17H22FN3. The van der Waals surface area contributed by atoms with Crippen LogP contribution < -0.4 is 11.1 Å². The fourth-order valence-corrected chi connectivity index (χ4v) is 2.66. The fraction of sp³-hybridized carbons (Fsp3) is 0.353. The molecule has 112 valence electrons. The molecule has 0 saturated heterocycles. The van der Waals surface area contributed by atoms with E-state index in [1.165, 1.54) is 12.1 Å². The number of nitrogens with two attached hydrogens (primary N) is 1. The third kappa shape index (κ3) is 3.22. The lowest BCUT2D eigenvalue weighted by Gasteiger charge is -2.36. The van der Waals surface area contributed by atoms with Crippen LogP contribution in [0.15, 0.2) is 42.7 Å². The maximum Gasteiger partial charge on any atom is 0.123 e. The van der Waals surface area contributed by atoms with Crippen molar-refractivity contribution >= 4 is 5.69 Å². The Morgan fingerprint density at radius 1 is 1.24 bits per heavy atom. The summed E-state index contributed by atoms with van der Waals surface area (Å²) in [6.45, 7) is 7.12. The highest BCUT2D eigenvalue weighted by atomic mass is 19.1. The molecule has 21 heavy (non-hydrogen) atoms. The summed E-state index contributed by atoms with van der Waals surface area (Å²) in [7, 11) is 0. The van der Waals surface area contributed by atoms with Gasteiger partial charge >= 0.3 is 0 Å². The highest BCUT2D eigenvalue weighted by Crippen LogP contribution is 2.38. The van der Waals surface area contributed by atoms with Gasteiger partial charge in [0.05, 0.1) is 0 Å². The Hall–Kier alpha value is -1.94. The summed E-state index contributed by atoms with van der Waals surface area (Å²) in [5, 5.41) is 3.48. The fourth-order valence-electron chi connectivity index (χ4n) is 2.66. The molecule has 1 heterocycles. The molecule has 0 fully saturated rings. The van der Waals surface area contributed by atoms with Crippen LogP contribution >= 0.6 is 0 Å². The van der Waals surface area contributed by atoms with Crippen LogP contribution in [0.5, 0.6) is 0 Å². The van der Waals surface area contributed by atoms with Crippen LogP contribution in [0.1, 0.15) is 37.9 Å². The van der Waals surface area contributed by atoms with Crippen molar-refractivity contribution in [2.45, 2.75) is 32.2 Å². The standard InChI is InChI=1S/C17H22FN3/c1-4-21-16(14-11-20-10-9-15(14)19)17(2,3)12-5-7-13(18)8-6-12/h5-11,16,21H,4H2,1-3H3,(H2,19,20). The summed E-state index contributed by atoms with van der Waals surface area (Å²) in [4.78, 5) is 4.19. The Labute approximate surface area is 125 Å². The van der Waals surface area contributed by atoms with E-state index < -0.39 is 0 Å². The molecule has 2 rings (SSSR count). The maximum absolute atomic E-state index is 13.2. The van der Waals surface area contributed by atoms with E-state index in [4.69, 9.17) is 5.73 Å². The van der Waals surface area contributed by atoms with E-state index >= 15 is 0 Å². The van der Waals surface area contributed by atoms with Crippen LogP contribution in [0.25, 0.3) is 0 Å². The quantitative estimate of drug-likeness (QED) is 0.885. The lowest BCUT2D eigenvalue weighted by Crippen LogP contribution is -2.38. The van der Waals surface area contributed by atoms with Crippen molar-refractivity contribution in [3.05, 3.63) is 59.7 Å². The van der Waals surface area contributed by atoms with Gasteiger partial charge in [0.25, 0.3) is 0 Å². The first-order chi connectivity index (χ1) is 9.96. The number of nitrogen functional groups attached to an aromatic ring is 1. The zero-order valence-electron chi connectivity index (χ0n) is 12.7. The number of nitrogens with one attached hydrogen (secondary N) is 1. The zero-order valence-corrected chi connectivity index (χ0v) is 12.7. The highest BCUT2D eigenvalue weighted by Gasteiger charge is 2.33. The number of hydrogen-bond donors (Lipinski definition) is 2. The normalized spacial score (nSPS) is 13.1. The second-order valence-corrected chi connectivity index (χ2v) is 5.72. The van der Waals surface area contributed by atoms with Crippen LogP contribution in [0.3, 0.4) is 0 Å². The summed E-state index contributed by atoms with van der Waals surface area (Å²) < 4.78 is 13.2. The monoisotopic (exact) mass is 287 g/mol. The molecule has 1 aromatic heterocycles. The van der Waals surface area contributed by atoms with E-state index in [0.717, 1.165) is 17.7 Å². The van der Waals surface area contributed by atoms with Gasteiger partial charge in [0.2, 0.25) is 0 Å². The van der Waals surface area contributed by atoms with Gasteiger partial charge in [-0.1, -0.05) is 32.9 Å². The molecule has 0 radical (unpaired) electrons. The minimum Gasteiger partial charge on any atom is -0.398 e. The number of nitrogens with zero attached hydrogens (tertiary/aromatic N) is 1. The number of rotatable bonds is 5. The zero-order chi connectivity index (χ0) is 15.5. The van der Waals surface area contributed by atoms with Gasteiger partial charge in [-0.3, -0.25) is 4.98 Å². The molecule has 2 aromatic rings. The molecule has 0 spiro atoms. The molecule has 1 atom stereocenters. The van der Waals surface area contributed by atoms with Crippen LogP contribution in [-0.4, -0.2) is 11.5 Å². The second-order valence-electron chi connectivity index (χ2n) is 5.72. The molecule has 0 bridgehead atoms. The van der Waals surface area contributed by atoms with Crippen LogP contribution in [0.4, 0.5) is 10.1 Å². The van der Waals surface area contributed by atoms with Crippen molar-refractivity contribution in [2.75, 3.05) is 12.3 Å². The molecule has 0 aliphatic carbocycles. The van der Waals surface area contributed by atoms with E-state index in [-0.39, 0.29) is 17.3 Å². The first kappa shape index (κ1) is 15.4. The molecule has 0 aliphatic rings. The van der Waals surface area contributed by atoms with Gasteiger partial charge in [-0.2, -0.15) is 0 Å². The van der Waals surface area contributed by atoms with E-state index in [0.29, 0.717) is 5.69 Å². The van der Waals surface area contributed by atoms with Crippen molar-refractivity contribution in [3.8, 4) is 0 Å². The van der Waals surface area contributed by atoms with E-state index in [1.807, 2.05) is 12.1 Å². The van der Waals surface area contributed by atoms with Gasteiger partial charge in [-0.15, -0.1) is 0 Å².